The zero-order valence-corrected chi connectivity index (χ0v) is 19.2. The quantitative estimate of drug-likeness (QED) is 0.596. The van der Waals surface area contributed by atoms with E-state index in [1.807, 2.05) is 26.0 Å². The Morgan fingerprint density at radius 2 is 2.18 bits per heavy atom. The van der Waals surface area contributed by atoms with Crippen molar-refractivity contribution >= 4 is 5.91 Å². The molecular formula is C26H26N4O4. The molecule has 2 aromatic carbocycles. The van der Waals surface area contributed by atoms with E-state index in [4.69, 9.17) is 9.26 Å². The normalized spacial score (nSPS) is 19.1. The number of hydrogen-bond donors (Lipinski definition) is 1. The first kappa shape index (κ1) is 22.1. The molecule has 0 spiro atoms. The molecule has 2 atom stereocenters. The largest absolute Gasteiger partial charge is 0.490 e. The number of nitrogens with zero attached hydrogens (tertiary/aromatic N) is 4. The minimum Gasteiger partial charge on any atom is -0.490 e. The first-order valence-electron chi connectivity index (χ1n) is 11.6. The van der Waals surface area contributed by atoms with Gasteiger partial charge in [-0.3, -0.25) is 4.79 Å². The molecule has 5 rings (SSSR count). The maximum atomic E-state index is 12.5. The molecule has 1 saturated heterocycles. The van der Waals surface area contributed by atoms with Crippen molar-refractivity contribution in [2.45, 2.75) is 45.3 Å². The highest BCUT2D eigenvalue weighted by Gasteiger charge is 2.43. The van der Waals surface area contributed by atoms with Gasteiger partial charge in [0.1, 0.15) is 11.8 Å². The summed E-state index contributed by atoms with van der Waals surface area (Å²) in [6, 6.07) is 13.4. The van der Waals surface area contributed by atoms with E-state index in [0.29, 0.717) is 41.6 Å². The number of fused-ring (bicyclic) bond motifs is 3. The van der Waals surface area contributed by atoms with Crippen molar-refractivity contribution in [1.29, 1.82) is 5.26 Å². The van der Waals surface area contributed by atoms with E-state index in [2.05, 4.69) is 22.3 Å². The number of rotatable bonds is 6. The Morgan fingerprint density at radius 1 is 1.32 bits per heavy atom. The summed E-state index contributed by atoms with van der Waals surface area (Å²) in [6.07, 6.45) is 2.21. The van der Waals surface area contributed by atoms with E-state index >= 15 is 0 Å². The summed E-state index contributed by atoms with van der Waals surface area (Å²) in [6.45, 7) is 4.11. The van der Waals surface area contributed by atoms with Gasteiger partial charge >= 0.3 is 0 Å². The molecule has 3 aromatic rings. The lowest BCUT2D eigenvalue weighted by atomic mass is 9.78. The second-order valence-corrected chi connectivity index (χ2v) is 9.04. The van der Waals surface area contributed by atoms with Crippen LogP contribution in [0.15, 0.2) is 40.9 Å². The van der Waals surface area contributed by atoms with Crippen molar-refractivity contribution in [1.82, 2.24) is 15.0 Å². The van der Waals surface area contributed by atoms with Gasteiger partial charge in [0.15, 0.2) is 0 Å². The molecule has 0 bridgehead atoms. The van der Waals surface area contributed by atoms with Crippen LogP contribution in [0.2, 0.25) is 0 Å². The van der Waals surface area contributed by atoms with Crippen LogP contribution in [0, 0.1) is 17.2 Å². The van der Waals surface area contributed by atoms with E-state index in [1.165, 1.54) is 0 Å². The predicted molar refractivity (Wildman–Crippen MR) is 124 cm³/mol. The number of benzene rings is 2. The molecule has 0 saturated carbocycles. The van der Waals surface area contributed by atoms with Gasteiger partial charge < -0.3 is 19.3 Å². The maximum absolute atomic E-state index is 12.5. The predicted octanol–water partition coefficient (Wildman–Crippen LogP) is 3.89. The summed E-state index contributed by atoms with van der Waals surface area (Å²) in [5.41, 5.74) is 4.15. The number of aromatic nitrogens is 2. The van der Waals surface area contributed by atoms with Crippen molar-refractivity contribution in [3.05, 3.63) is 53.1 Å². The summed E-state index contributed by atoms with van der Waals surface area (Å²) >= 11 is 0. The highest BCUT2D eigenvalue weighted by molar-refractivity contribution is 5.80. The number of ether oxygens (including phenoxy) is 1. The van der Waals surface area contributed by atoms with Crippen molar-refractivity contribution < 1.29 is 19.2 Å². The second-order valence-electron chi connectivity index (χ2n) is 9.04. The molecule has 1 aliphatic carbocycles. The van der Waals surface area contributed by atoms with Gasteiger partial charge in [-0.25, -0.2) is 0 Å². The Labute approximate surface area is 197 Å². The fourth-order valence-corrected chi connectivity index (χ4v) is 5.17. The van der Waals surface area contributed by atoms with Gasteiger partial charge in [0.25, 0.3) is 5.89 Å². The van der Waals surface area contributed by atoms with Crippen LogP contribution >= 0.6 is 0 Å². The Balaban J connectivity index is 1.49. The zero-order valence-electron chi connectivity index (χ0n) is 19.2. The summed E-state index contributed by atoms with van der Waals surface area (Å²) in [7, 11) is 0. The number of nitriles is 1. The van der Waals surface area contributed by atoms with Gasteiger partial charge in [0.2, 0.25) is 11.7 Å². The Hall–Kier alpha value is -3.70. The molecule has 0 unspecified atom stereocenters. The molecule has 2 heterocycles. The topological polar surface area (TPSA) is 112 Å². The van der Waals surface area contributed by atoms with Crippen LogP contribution in [0.5, 0.6) is 5.75 Å². The summed E-state index contributed by atoms with van der Waals surface area (Å²) in [5, 5.41) is 23.2. The van der Waals surface area contributed by atoms with Gasteiger partial charge in [-0.05, 0) is 61.9 Å². The van der Waals surface area contributed by atoms with Crippen molar-refractivity contribution in [3.63, 3.8) is 0 Å². The molecular weight excluding hydrogens is 432 g/mol. The first-order chi connectivity index (χ1) is 16.5. The second kappa shape index (κ2) is 8.92. The van der Waals surface area contributed by atoms with Gasteiger partial charge in [0.05, 0.1) is 24.3 Å². The van der Waals surface area contributed by atoms with Crippen LogP contribution in [-0.2, 0) is 11.2 Å². The van der Waals surface area contributed by atoms with Crippen LogP contribution in [0.4, 0.5) is 0 Å². The molecule has 174 valence electrons. The molecule has 0 radical (unpaired) electrons. The number of β-amino-alcohol motifs (C(OH)–C–C–N with tert-alkyl or cyclic N) is 1. The number of carbonyl (C=O) groups excluding carboxylic acids is 1. The lowest BCUT2D eigenvalue weighted by Crippen LogP contribution is -2.33. The van der Waals surface area contributed by atoms with Crippen LogP contribution < -0.4 is 4.74 Å². The maximum Gasteiger partial charge on any atom is 0.258 e. The molecule has 2 aliphatic rings. The molecule has 8 nitrogen and oxygen atoms in total. The SMILES string of the molecule is CC(C)Oc1ccc(-c2nc(-c3cccc4c3CC[C@@H]3CC(=O)N(CCO)[C@H]43)no2)cc1C#N. The third-order valence-corrected chi connectivity index (χ3v) is 6.55. The van der Waals surface area contributed by atoms with E-state index in [1.54, 1.807) is 23.1 Å². The minimum atomic E-state index is -0.0517. The van der Waals surface area contributed by atoms with Crippen molar-refractivity contribution in [2.24, 2.45) is 5.92 Å². The van der Waals surface area contributed by atoms with Gasteiger partial charge in [-0.1, -0.05) is 23.4 Å². The molecule has 1 amide bonds. The average Bonchev–Trinajstić information content (AvgIpc) is 3.44. The van der Waals surface area contributed by atoms with Crippen LogP contribution in [0.1, 0.15) is 49.4 Å². The molecule has 34 heavy (non-hydrogen) atoms. The van der Waals surface area contributed by atoms with E-state index < -0.39 is 0 Å². The Kier molecular flexibility index (Phi) is 5.80. The van der Waals surface area contributed by atoms with Crippen molar-refractivity contribution in [2.75, 3.05) is 13.2 Å². The molecule has 1 N–H and O–H groups in total. The third kappa shape index (κ3) is 3.82. The lowest BCUT2D eigenvalue weighted by Gasteiger charge is -2.34. The number of likely N-dealkylation sites (tertiary alicyclic amines) is 1. The fourth-order valence-electron chi connectivity index (χ4n) is 5.17. The highest BCUT2D eigenvalue weighted by atomic mass is 16.5. The zero-order chi connectivity index (χ0) is 23.8. The molecule has 8 heteroatoms. The van der Waals surface area contributed by atoms with Crippen LogP contribution in [-0.4, -0.2) is 45.3 Å². The highest BCUT2D eigenvalue weighted by Crippen LogP contribution is 2.47. The smallest absolute Gasteiger partial charge is 0.258 e. The van der Waals surface area contributed by atoms with E-state index in [9.17, 15) is 15.2 Å². The monoisotopic (exact) mass is 458 g/mol. The van der Waals surface area contributed by atoms with E-state index in [-0.39, 0.29) is 30.6 Å². The Morgan fingerprint density at radius 3 is 2.94 bits per heavy atom. The fraction of sp³-hybridized carbons (Fsp3) is 0.385. The summed E-state index contributed by atoms with van der Waals surface area (Å²) in [4.78, 5) is 19.0. The standard InChI is InChI=1S/C26H26N4O4/c1-15(2)33-22-9-7-17(12-18(22)14-27)26-28-25(29-34-26)21-5-3-4-20-19(21)8-6-16-13-23(32)30(10-11-31)24(16)20/h3-5,7,9,12,15-16,24,31H,6,8,10-11,13H2,1-2H3/t16-,24+/m1/s1. The van der Waals surface area contributed by atoms with Crippen LogP contribution in [0.25, 0.3) is 22.8 Å². The molecule has 1 aliphatic heterocycles. The molecule has 1 aromatic heterocycles. The summed E-state index contributed by atoms with van der Waals surface area (Å²) < 4.78 is 11.3. The average molecular weight is 459 g/mol. The van der Waals surface area contributed by atoms with Crippen molar-refractivity contribution in [3.8, 4) is 34.7 Å². The van der Waals surface area contributed by atoms with E-state index in [0.717, 1.165) is 29.5 Å². The van der Waals surface area contributed by atoms with Gasteiger partial charge in [-0.2, -0.15) is 10.2 Å². The first-order valence-corrected chi connectivity index (χ1v) is 11.6. The third-order valence-electron chi connectivity index (χ3n) is 6.55. The van der Waals surface area contributed by atoms with Crippen LogP contribution in [0.3, 0.4) is 0 Å². The number of aliphatic hydroxyl groups is 1. The number of carbonyl (C=O) groups is 1. The van der Waals surface area contributed by atoms with Gasteiger partial charge in [-0.15, -0.1) is 0 Å². The number of amides is 1. The summed E-state index contributed by atoms with van der Waals surface area (Å²) in [5.74, 6) is 1.68. The Bertz CT molecular complexity index is 1280. The number of aliphatic hydroxyl groups excluding tert-OH is 1. The lowest BCUT2D eigenvalue weighted by molar-refractivity contribution is -0.129. The van der Waals surface area contributed by atoms with Gasteiger partial charge in [0, 0.05) is 24.1 Å². The number of hydrogen-bond acceptors (Lipinski definition) is 7. The molecule has 1 fully saturated rings. The minimum absolute atomic E-state index is 0.0265.